The molecule has 8 nitrogen and oxygen atoms in total. The lowest BCUT2D eigenvalue weighted by atomic mass is 10.2. The third-order valence-corrected chi connectivity index (χ3v) is 4.65. The molecule has 0 spiro atoms. The summed E-state index contributed by atoms with van der Waals surface area (Å²) in [5.41, 5.74) is 0. The molecular formula is C18H31N5O3. The van der Waals surface area contributed by atoms with Crippen LogP contribution in [-0.4, -0.2) is 70.5 Å². The van der Waals surface area contributed by atoms with Crippen LogP contribution in [0.5, 0.6) is 0 Å². The van der Waals surface area contributed by atoms with E-state index < -0.39 is 0 Å². The van der Waals surface area contributed by atoms with Gasteiger partial charge < -0.3 is 14.7 Å². The van der Waals surface area contributed by atoms with Gasteiger partial charge >= 0.3 is 0 Å². The SMILES string of the molecule is CCCc1noc(CCC(=O)N2CCN(CC(=O)NC(C)CC)CC2)n1. The van der Waals surface area contributed by atoms with Crippen LogP contribution in [-0.2, 0) is 22.4 Å². The van der Waals surface area contributed by atoms with Crippen LogP contribution in [0.1, 0.15) is 51.7 Å². The molecule has 1 fully saturated rings. The molecule has 1 aliphatic heterocycles. The van der Waals surface area contributed by atoms with E-state index >= 15 is 0 Å². The highest BCUT2D eigenvalue weighted by molar-refractivity contribution is 5.78. The van der Waals surface area contributed by atoms with Gasteiger partial charge in [-0.15, -0.1) is 0 Å². The normalized spacial score (nSPS) is 16.5. The smallest absolute Gasteiger partial charge is 0.234 e. The average molecular weight is 365 g/mol. The lowest BCUT2D eigenvalue weighted by Crippen LogP contribution is -2.51. The minimum atomic E-state index is 0.0541. The van der Waals surface area contributed by atoms with Crippen molar-refractivity contribution in [1.29, 1.82) is 0 Å². The van der Waals surface area contributed by atoms with Crippen LogP contribution in [0.3, 0.4) is 0 Å². The zero-order chi connectivity index (χ0) is 18.9. The van der Waals surface area contributed by atoms with Gasteiger partial charge in [0.2, 0.25) is 17.7 Å². The second-order valence-electron chi connectivity index (χ2n) is 6.89. The van der Waals surface area contributed by atoms with Crippen molar-refractivity contribution in [3.8, 4) is 0 Å². The van der Waals surface area contributed by atoms with Crippen molar-refractivity contribution >= 4 is 11.8 Å². The maximum Gasteiger partial charge on any atom is 0.234 e. The molecule has 1 N–H and O–H groups in total. The number of nitrogens with zero attached hydrogens (tertiary/aromatic N) is 4. The van der Waals surface area contributed by atoms with Crippen LogP contribution in [0, 0.1) is 0 Å². The summed E-state index contributed by atoms with van der Waals surface area (Å²) in [6.45, 7) is 9.27. The first kappa shape index (κ1) is 20.4. The van der Waals surface area contributed by atoms with Gasteiger partial charge in [0.1, 0.15) is 0 Å². The Kier molecular flexibility index (Phi) is 8.03. The number of rotatable bonds is 9. The van der Waals surface area contributed by atoms with E-state index in [-0.39, 0.29) is 17.9 Å². The van der Waals surface area contributed by atoms with Gasteiger partial charge in [-0.25, -0.2) is 0 Å². The molecule has 0 aromatic carbocycles. The molecule has 1 aromatic rings. The van der Waals surface area contributed by atoms with Gasteiger partial charge in [-0.05, 0) is 19.8 Å². The Labute approximate surface area is 155 Å². The van der Waals surface area contributed by atoms with Crippen LogP contribution < -0.4 is 5.32 Å². The van der Waals surface area contributed by atoms with Gasteiger partial charge in [0.25, 0.3) is 0 Å². The van der Waals surface area contributed by atoms with Crippen molar-refractivity contribution in [2.45, 2.75) is 58.9 Å². The molecule has 0 bridgehead atoms. The van der Waals surface area contributed by atoms with E-state index in [1.54, 1.807) is 0 Å². The van der Waals surface area contributed by atoms with Crippen LogP contribution in [0.2, 0.25) is 0 Å². The average Bonchev–Trinajstić information content (AvgIpc) is 3.08. The van der Waals surface area contributed by atoms with Crippen molar-refractivity contribution in [1.82, 2.24) is 25.3 Å². The van der Waals surface area contributed by atoms with Crippen LogP contribution in [0.15, 0.2) is 4.52 Å². The summed E-state index contributed by atoms with van der Waals surface area (Å²) in [6.07, 6.45) is 3.55. The number of aromatic nitrogens is 2. The largest absolute Gasteiger partial charge is 0.353 e. The minimum absolute atomic E-state index is 0.0541. The molecular weight excluding hydrogens is 334 g/mol. The van der Waals surface area contributed by atoms with Gasteiger partial charge in [-0.3, -0.25) is 14.5 Å². The molecule has 1 aromatic heterocycles. The Balaban J connectivity index is 1.68. The molecule has 2 heterocycles. The number of amides is 2. The second-order valence-corrected chi connectivity index (χ2v) is 6.89. The molecule has 1 unspecified atom stereocenters. The summed E-state index contributed by atoms with van der Waals surface area (Å²) in [5, 5.41) is 6.88. The number of hydrogen-bond donors (Lipinski definition) is 1. The first-order valence-corrected chi connectivity index (χ1v) is 9.62. The van der Waals surface area contributed by atoms with Crippen LogP contribution in [0.4, 0.5) is 0 Å². The summed E-state index contributed by atoms with van der Waals surface area (Å²) in [5.74, 6) is 1.39. The van der Waals surface area contributed by atoms with E-state index in [0.29, 0.717) is 44.2 Å². The lowest BCUT2D eigenvalue weighted by molar-refractivity contribution is -0.133. The van der Waals surface area contributed by atoms with Crippen molar-refractivity contribution in [3.63, 3.8) is 0 Å². The summed E-state index contributed by atoms with van der Waals surface area (Å²) in [6, 6.07) is 0.202. The van der Waals surface area contributed by atoms with E-state index in [9.17, 15) is 9.59 Å². The fourth-order valence-corrected chi connectivity index (χ4v) is 2.87. The molecule has 0 radical (unpaired) electrons. The summed E-state index contributed by atoms with van der Waals surface area (Å²) < 4.78 is 5.17. The predicted octanol–water partition coefficient (Wildman–Crippen LogP) is 1.01. The third-order valence-electron chi connectivity index (χ3n) is 4.65. The van der Waals surface area contributed by atoms with Crippen molar-refractivity contribution in [2.24, 2.45) is 0 Å². The quantitative estimate of drug-likeness (QED) is 0.702. The number of hydrogen-bond acceptors (Lipinski definition) is 6. The number of nitrogens with one attached hydrogen (secondary N) is 1. The number of carbonyl (C=O) groups is 2. The molecule has 1 atom stereocenters. The standard InChI is InChI=1S/C18H31N5O3/c1-4-6-15-20-17(26-21-15)7-8-18(25)23-11-9-22(10-12-23)13-16(24)19-14(3)5-2/h14H,4-13H2,1-3H3,(H,19,24). The highest BCUT2D eigenvalue weighted by Gasteiger charge is 2.23. The molecule has 26 heavy (non-hydrogen) atoms. The molecule has 146 valence electrons. The fourth-order valence-electron chi connectivity index (χ4n) is 2.87. The van der Waals surface area contributed by atoms with E-state index in [0.717, 1.165) is 32.4 Å². The third kappa shape index (κ3) is 6.40. The molecule has 0 aliphatic carbocycles. The summed E-state index contributed by atoms with van der Waals surface area (Å²) in [7, 11) is 0. The van der Waals surface area contributed by atoms with E-state index in [4.69, 9.17) is 4.52 Å². The molecule has 2 rings (SSSR count). The molecule has 1 aliphatic rings. The van der Waals surface area contributed by atoms with Gasteiger partial charge in [0.05, 0.1) is 6.54 Å². The Morgan fingerprint density at radius 2 is 1.92 bits per heavy atom. The Morgan fingerprint density at radius 3 is 2.58 bits per heavy atom. The molecule has 8 heteroatoms. The zero-order valence-electron chi connectivity index (χ0n) is 16.2. The Morgan fingerprint density at radius 1 is 1.19 bits per heavy atom. The fraction of sp³-hybridized carbons (Fsp3) is 0.778. The molecule has 2 amide bonds. The van der Waals surface area contributed by atoms with Crippen molar-refractivity contribution in [2.75, 3.05) is 32.7 Å². The first-order chi connectivity index (χ1) is 12.5. The van der Waals surface area contributed by atoms with Gasteiger partial charge in [-0.1, -0.05) is 19.0 Å². The first-order valence-electron chi connectivity index (χ1n) is 9.62. The van der Waals surface area contributed by atoms with E-state index in [1.165, 1.54) is 0 Å². The van der Waals surface area contributed by atoms with Gasteiger partial charge in [0, 0.05) is 51.5 Å². The number of aryl methyl sites for hydroxylation is 2. The highest BCUT2D eigenvalue weighted by atomic mass is 16.5. The van der Waals surface area contributed by atoms with E-state index in [1.807, 2.05) is 18.7 Å². The Hall–Kier alpha value is -1.96. The maximum absolute atomic E-state index is 12.4. The second kappa shape index (κ2) is 10.3. The maximum atomic E-state index is 12.4. The lowest BCUT2D eigenvalue weighted by Gasteiger charge is -2.34. The number of carbonyl (C=O) groups excluding carboxylic acids is 2. The van der Waals surface area contributed by atoms with Gasteiger partial charge in [0.15, 0.2) is 5.82 Å². The summed E-state index contributed by atoms with van der Waals surface area (Å²) in [4.78, 5) is 32.5. The predicted molar refractivity (Wildman–Crippen MR) is 97.5 cm³/mol. The topological polar surface area (TPSA) is 91.6 Å². The summed E-state index contributed by atoms with van der Waals surface area (Å²) >= 11 is 0. The van der Waals surface area contributed by atoms with Crippen molar-refractivity contribution in [3.05, 3.63) is 11.7 Å². The monoisotopic (exact) mass is 365 g/mol. The molecule has 1 saturated heterocycles. The molecule has 0 saturated carbocycles. The number of piperazine rings is 1. The van der Waals surface area contributed by atoms with Gasteiger partial charge in [-0.2, -0.15) is 4.98 Å². The van der Waals surface area contributed by atoms with Crippen molar-refractivity contribution < 1.29 is 14.1 Å². The van der Waals surface area contributed by atoms with E-state index in [2.05, 4.69) is 27.3 Å². The highest BCUT2D eigenvalue weighted by Crippen LogP contribution is 2.08. The van der Waals surface area contributed by atoms with Crippen LogP contribution >= 0.6 is 0 Å². The zero-order valence-corrected chi connectivity index (χ0v) is 16.2. The Bertz CT molecular complexity index is 581. The van der Waals surface area contributed by atoms with Crippen LogP contribution in [0.25, 0.3) is 0 Å². The minimum Gasteiger partial charge on any atom is -0.353 e.